The number of hydrogen-bond acceptors (Lipinski definition) is 3. The van der Waals surface area contributed by atoms with Crippen LogP contribution in [0, 0.1) is 0 Å². The van der Waals surface area contributed by atoms with Gasteiger partial charge in [-0.3, -0.25) is 0 Å². The smallest absolute Gasteiger partial charge is 0.118 e. The molecule has 0 aliphatic carbocycles. The summed E-state index contributed by atoms with van der Waals surface area (Å²) in [7, 11) is 1.68. The average molecular weight is 212 g/mol. The normalized spacial score (nSPS) is 10.1. The van der Waals surface area contributed by atoms with E-state index >= 15 is 0 Å². The van der Waals surface area contributed by atoms with Gasteiger partial charge in [0, 0.05) is 17.3 Å². The molecule has 3 heteroatoms. The van der Waals surface area contributed by atoms with E-state index in [9.17, 15) is 0 Å². The Bertz CT molecular complexity index is 246. The van der Waals surface area contributed by atoms with Gasteiger partial charge in [-0.25, -0.2) is 0 Å². The first-order chi connectivity index (χ1) is 6.86. The van der Waals surface area contributed by atoms with Gasteiger partial charge in [0.05, 0.1) is 13.7 Å². The molecule has 0 saturated heterocycles. The predicted octanol–water partition coefficient (Wildman–Crippen LogP) is 2.82. The van der Waals surface area contributed by atoms with Crippen molar-refractivity contribution in [3.63, 3.8) is 0 Å². The molecule has 1 aromatic rings. The lowest BCUT2D eigenvalue weighted by Crippen LogP contribution is -1.95. The fourth-order valence-electron chi connectivity index (χ4n) is 1.03. The Morgan fingerprint density at radius 1 is 1.21 bits per heavy atom. The van der Waals surface area contributed by atoms with Crippen molar-refractivity contribution in [2.45, 2.75) is 11.8 Å². The van der Waals surface area contributed by atoms with Crippen molar-refractivity contribution in [1.82, 2.24) is 0 Å². The molecule has 2 nitrogen and oxygen atoms in total. The minimum Gasteiger partial charge on any atom is -0.497 e. The van der Waals surface area contributed by atoms with E-state index < -0.39 is 0 Å². The van der Waals surface area contributed by atoms with Gasteiger partial charge < -0.3 is 9.47 Å². The van der Waals surface area contributed by atoms with Crippen LogP contribution in [0.1, 0.15) is 6.92 Å². The Balaban J connectivity index is 2.29. The number of ether oxygens (including phenoxy) is 2. The highest BCUT2D eigenvalue weighted by molar-refractivity contribution is 7.99. The molecule has 78 valence electrons. The van der Waals surface area contributed by atoms with E-state index in [1.165, 1.54) is 4.90 Å². The number of benzene rings is 1. The zero-order chi connectivity index (χ0) is 10.2. The molecule has 0 unspecified atom stereocenters. The molecule has 0 amide bonds. The molecule has 0 aromatic heterocycles. The average Bonchev–Trinajstić information content (AvgIpc) is 2.25. The van der Waals surface area contributed by atoms with Gasteiger partial charge in [0.1, 0.15) is 5.75 Å². The molecule has 0 N–H and O–H groups in total. The summed E-state index contributed by atoms with van der Waals surface area (Å²) in [5.41, 5.74) is 0. The second-order valence-electron chi connectivity index (χ2n) is 2.72. The first-order valence-corrected chi connectivity index (χ1v) is 5.70. The number of hydrogen-bond donors (Lipinski definition) is 0. The fourth-order valence-corrected chi connectivity index (χ4v) is 1.80. The van der Waals surface area contributed by atoms with Crippen LogP contribution < -0.4 is 4.74 Å². The van der Waals surface area contributed by atoms with E-state index in [0.29, 0.717) is 0 Å². The standard InChI is InChI=1S/C11H16O2S/c1-3-13-8-9-14-11-6-4-10(12-2)5-7-11/h4-7H,3,8-9H2,1-2H3. The first-order valence-electron chi connectivity index (χ1n) is 4.71. The molecule has 14 heavy (non-hydrogen) atoms. The van der Waals surface area contributed by atoms with Crippen molar-refractivity contribution in [3.05, 3.63) is 24.3 Å². The van der Waals surface area contributed by atoms with Crippen molar-refractivity contribution < 1.29 is 9.47 Å². The zero-order valence-electron chi connectivity index (χ0n) is 8.66. The van der Waals surface area contributed by atoms with Crippen LogP contribution in [0.25, 0.3) is 0 Å². The summed E-state index contributed by atoms with van der Waals surface area (Å²) in [5.74, 6) is 1.90. The van der Waals surface area contributed by atoms with Crippen LogP contribution in [0.4, 0.5) is 0 Å². The summed E-state index contributed by atoms with van der Waals surface area (Å²) >= 11 is 1.80. The summed E-state index contributed by atoms with van der Waals surface area (Å²) < 4.78 is 10.3. The van der Waals surface area contributed by atoms with Crippen molar-refractivity contribution in [2.75, 3.05) is 26.1 Å². The lowest BCUT2D eigenvalue weighted by Gasteiger charge is -2.03. The number of methoxy groups -OCH3 is 1. The third-order valence-electron chi connectivity index (χ3n) is 1.76. The van der Waals surface area contributed by atoms with E-state index in [-0.39, 0.29) is 0 Å². The Morgan fingerprint density at radius 2 is 1.93 bits per heavy atom. The van der Waals surface area contributed by atoms with Gasteiger partial charge in [-0.2, -0.15) is 0 Å². The second-order valence-corrected chi connectivity index (χ2v) is 3.89. The van der Waals surface area contributed by atoms with Gasteiger partial charge in [-0.05, 0) is 31.2 Å². The van der Waals surface area contributed by atoms with Crippen LogP contribution in [0.2, 0.25) is 0 Å². The molecule has 0 heterocycles. The molecule has 0 atom stereocenters. The van der Waals surface area contributed by atoms with Crippen LogP contribution in [-0.2, 0) is 4.74 Å². The van der Waals surface area contributed by atoms with Gasteiger partial charge in [-0.1, -0.05) is 0 Å². The molecular formula is C11H16O2S. The van der Waals surface area contributed by atoms with Gasteiger partial charge in [0.15, 0.2) is 0 Å². The maximum atomic E-state index is 5.25. The molecule has 0 bridgehead atoms. The van der Waals surface area contributed by atoms with Gasteiger partial charge >= 0.3 is 0 Å². The van der Waals surface area contributed by atoms with E-state index in [1.54, 1.807) is 18.9 Å². The highest BCUT2D eigenvalue weighted by Gasteiger charge is 1.94. The highest BCUT2D eigenvalue weighted by Crippen LogP contribution is 2.20. The number of rotatable bonds is 6. The molecule has 1 rings (SSSR count). The summed E-state index contributed by atoms with van der Waals surface area (Å²) in [5, 5.41) is 0. The monoisotopic (exact) mass is 212 g/mol. The van der Waals surface area contributed by atoms with Crippen molar-refractivity contribution in [2.24, 2.45) is 0 Å². The van der Waals surface area contributed by atoms with Crippen LogP contribution in [0.3, 0.4) is 0 Å². The Morgan fingerprint density at radius 3 is 2.50 bits per heavy atom. The quantitative estimate of drug-likeness (QED) is 0.533. The van der Waals surface area contributed by atoms with E-state index in [2.05, 4.69) is 12.1 Å². The molecule has 0 aliphatic rings. The Kier molecular flexibility index (Phi) is 5.49. The summed E-state index contributed by atoms with van der Waals surface area (Å²) in [6, 6.07) is 8.08. The third-order valence-corrected chi connectivity index (χ3v) is 2.74. The molecular weight excluding hydrogens is 196 g/mol. The number of thioether (sulfide) groups is 1. The molecule has 0 aliphatic heterocycles. The molecule has 0 fully saturated rings. The summed E-state index contributed by atoms with van der Waals surface area (Å²) in [6.07, 6.45) is 0. The van der Waals surface area contributed by atoms with Gasteiger partial charge in [0.2, 0.25) is 0 Å². The topological polar surface area (TPSA) is 18.5 Å². The lowest BCUT2D eigenvalue weighted by molar-refractivity contribution is 0.164. The zero-order valence-corrected chi connectivity index (χ0v) is 9.47. The van der Waals surface area contributed by atoms with E-state index in [4.69, 9.17) is 9.47 Å². The van der Waals surface area contributed by atoms with Crippen LogP contribution in [0.5, 0.6) is 5.75 Å². The first kappa shape index (κ1) is 11.4. The fraction of sp³-hybridized carbons (Fsp3) is 0.455. The van der Waals surface area contributed by atoms with Crippen LogP contribution >= 0.6 is 11.8 Å². The maximum absolute atomic E-state index is 5.25. The summed E-state index contributed by atoms with van der Waals surface area (Å²) in [6.45, 7) is 3.62. The molecule has 1 aromatic carbocycles. The largest absolute Gasteiger partial charge is 0.497 e. The second kappa shape index (κ2) is 6.74. The molecule has 0 radical (unpaired) electrons. The van der Waals surface area contributed by atoms with Crippen molar-refractivity contribution in [3.8, 4) is 5.75 Å². The SMILES string of the molecule is CCOCCSc1ccc(OC)cc1. The lowest BCUT2D eigenvalue weighted by atomic mass is 10.3. The van der Waals surface area contributed by atoms with Crippen LogP contribution in [0.15, 0.2) is 29.2 Å². The van der Waals surface area contributed by atoms with Crippen molar-refractivity contribution in [1.29, 1.82) is 0 Å². The van der Waals surface area contributed by atoms with E-state index in [1.807, 2.05) is 19.1 Å². The highest BCUT2D eigenvalue weighted by atomic mass is 32.2. The van der Waals surface area contributed by atoms with Crippen molar-refractivity contribution >= 4 is 11.8 Å². The van der Waals surface area contributed by atoms with Gasteiger partial charge in [-0.15, -0.1) is 11.8 Å². The minimum absolute atomic E-state index is 0.795. The minimum atomic E-state index is 0.795. The third kappa shape index (κ3) is 4.03. The van der Waals surface area contributed by atoms with Gasteiger partial charge in [0.25, 0.3) is 0 Å². The Hall–Kier alpha value is -0.670. The van der Waals surface area contributed by atoms with Crippen LogP contribution in [-0.4, -0.2) is 26.1 Å². The maximum Gasteiger partial charge on any atom is 0.118 e. The molecule has 0 spiro atoms. The predicted molar refractivity (Wildman–Crippen MR) is 60.2 cm³/mol. The Labute approximate surface area is 89.6 Å². The summed E-state index contributed by atoms with van der Waals surface area (Å²) in [4.78, 5) is 1.26. The molecule has 0 saturated carbocycles. The van der Waals surface area contributed by atoms with E-state index in [0.717, 1.165) is 24.7 Å².